The van der Waals surface area contributed by atoms with E-state index in [1.807, 2.05) is 0 Å². The lowest BCUT2D eigenvalue weighted by Crippen LogP contribution is -2.21. The summed E-state index contributed by atoms with van der Waals surface area (Å²) >= 11 is 0. The van der Waals surface area contributed by atoms with Gasteiger partial charge in [-0.1, -0.05) is 18.2 Å². The molecule has 0 bridgehead atoms. The van der Waals surface area contributed by atoms with E-state index in [1.54, 1.807) is 0 Å². The van der Waals surface area contributed by atoms with Crippen molar-refractivity contribution in [2.24, 2.45) is 5.73 Å². The molecule has 0 radical (unpaired) electrons. The predicted octanol–water partition coefficient (Wildman–Crippen LogP) is 1.37. The molecular weight excluding hydrogens is 216 g/mol. The van der Waals surface area contributed by atoms with Crippen molar-refractivity contribution in [3.8, 4) is 0 Å². The molecule has 0 aromatic heterocycles. The van der Waals surface area contributed by atoms with E-state index in [0.29, 0.717) is 0 Å². The van der Waals surface area contributed by atoms with Crippen LogP contribution in [-0.4, -0.2) is 22.9 Å². The van der Waals surface area contributed by atoms with Gasteiger partial charge in [0.2, 0.25) is 0 Å². The van der Waals surface area contributed by atoms with Crippen LogP contribution in [0.25, 0.3) is 0 Å². The molecule has 5 heteroatoms. The van der Waals surface area contributed by atoms with Gasteiger partial charge in [0.15, 0.2) is 0 Å². The van der Waals surface area contributed by atoms with Crippen LogP contribution in [0.1, 0.15) is 30.1 Å². The predicted molar refractivity (Wildman–Crippen MR) is 56.0 cm³/mol. The number of rotatable bonds is 5. The standard InChI is InChI=1S/C11H15F2NO2/c12-11(13)8-3-1-2-7(6-8)10(16)9(15)4-5-14/h1-3,6,9-11,15-16H,4-5,14H2. The lowest BCUT2D eigenvalue weighted by atomic mass is 10.0. The summed E-state index contributed by atoms with van der Waals surface area (Å²) in [4.78, 5) is 0. The van der Waals surface area contributed by atoms with Crippen LogP contribution < -0.4 is 5.73 Å². The number of halogens is 2. The van der Waals surface area contributed by atoms with Gasteiger partial charge in [0, 0.05) is 5.56 Å². The first-order valence-corrected chi connectivity index (χ1v) is 5.00. The number of benzene rings is 1. The molecule has 0 spiro atoms. The van der Waals surface area contributed by atoms with E-state index in [4.69, 9.17) is 5.73 Å². The Hall–Kier alpha value is -1.04. The van der Waals surface area contributed by atoms with Crippen LogP contribution in [0.3, 0.4) is 0 Å². The van der Waals surface area contributed by atoms with Gasteiger partial charge in [-0.25, -0.2) is 8.78 Å². The Balaban J connectivity index is 2.82. The third-order valence-corrected chi connectivity index (χ3v) is 2.33. The fraction of sp³-hybridized carbons (Fsp3) is 0.455. The Labute approximate surface area is 92.5 Å². The molecule has 1 aromatic carbocycles. The Bertz CT molecular complexity index is 334. The second-order valence-corrected chi connectivity index (χ2v) is 3.56. The molecular formula is C11H15F2NO2. The summed E-state index contributed by atoms with van der Waals surface area (Å²) < 4.78 is 24.8. The molecule has 1 rings (SSSR count). The van der Waals surface area contributed by atoms with Gasteiger partial charge in [-0.15, -0.1) is 0 Å². The van der Waals surface area contributed by atoms with E-state index in [-0.39, 0.29) is 24.1 Å². The van der Waals surface area contributed by atoms with Crippen LogP contribution in [0.2, 0.25) is 0 Å². The molecule has 2 atom stereocenters. The molecule has 3 nitrogen and oxygen atoms in total. The third kappa shape index (κ3) is 3.23. The molecule has 0 saturated carbocycles. The van der Waals surface area contributed by atoms with Crippen molar-refractivity contribution in [2.45, 2.75) is 25.1 Å². The Morgan fingerprint density at radius 3 is 2.38 bits per heavy atom. The van der Waals surface area contributed by atoms with Crippen molar-refractivity contribution in [2.75, 3.05) is 6.54 Å². The summed E-state index contributed by atoms with van der Waals surface area (Å²) in [6.45, 7) is 0.229. The molecule has 0 aliphatic carbocycles. The van der Waals surface area contributed by atoms with Crippen LogP contribution in [-0.2, 0) is 0 Å². The van der Waals surface area contributed by atoms with Crippen LogP contribution in [0, 0.1) is 0 Å². The lowest BCUT2D eigenvalue weighted by molar-refractivity contribution is 0.0148. The van der Waals surface area contributed by atoms with Gasteiger partial charge in [0.05, 0.1) is 6.10 Å². The van der Waals surface area contributed by atoms with Crippen LogP contribution in [0.4, 0.5) is 8.78 Å². The van der Waals surface area contributed by atoms with Crippen molar-refractivity contribution in [1.82, 2.24) is 0 Å². The molecule has 0 amide bonds. The second kappa shape index (κ2) is 5.89. The largest absolute Gasteiger partial charge is 0.390 e. The maximum absolute atomic E-state index is 12.4. The zero-order chi connectivity index (χ0) is 12.1. The SMILES string of the molecule is NCCC(O)C(O)c1cccc(C(F)F)c1. The summed E-state index contributed by atoms with van der Waals surface area (Å²) in [6, 6.07) is 5.39. The van der Waals surface area contributed by atoms with Crippen molar-refractivity contribution >= 4 is 0 Å². The van der Waals surface area contributed by atoms with Gasteiger partial charge in [0.25, 0.3) is 6.43 Å². The number of hydrogen-bond acceptors (Lipinski definition) is 3. The smallest absolute Gasteiger partial charge is 0.263 e. The summed E-state index contributed by atoms with van der Waals surface area (Å²) in [5, 5.41) is 19.2. The van der Waals surface area contributed by atoms with Gasteiger partial charge in [-0.2, -0.15) is 0 Å². The average Bonchev–Trinajstić information content (AvgIpc) is 2.28. The molecule has 2 unspecified atom stereocenters. The lowest BCUT2D eigenvalue weighted by Gasteiger charge is -2.18. The summed E-state index contributed by atoms with van der Waals surface area (Å²) in [7, 11) is 0. The zero-order valence-corrected chi connectivity index (χ0v) is 8.68. The van der Waals surface area contributed by atoms with Crippen molar-refractivity contribution < 1.29 is 19.0 Å². The van der Waals surface area contributed by atoms with Gasteiger partial charge < -0.3 is 15.9 Å². The van der Waals surface area contributed by atoms with E-state index in [9.17, 15) is 19.0 Å². The van der Waals surface area contributed by atoms with Crippen molar-refractivity contribution in [3.63, 3.8) is 0 Å². The first-order valence-electron chi connectivity index (χ1n) is 5.00. The second-order valence-electron chi connectivity index (χ2n) is 3.56. The monoisotopic (exact) mass is 231 g/mol. The molecule has 0 heterocycles. The van der Waals surface area contributed by atoms with E-state index >= 15 is 0 Å². The van der Waals surface area contributed by atoms with Gasteiger partial charge in [-0.05, 0) is 24.6 Å². The number of aliphatic hydroxyl groups excluding tert-OH is 2. The van der Waals surface area contributed by atoms with E-state index in [0.717, 1.165) is 0 Å². The Kier molecular flexibility index (Phi) is 4.79. The van der Waals surface area contributed by atoms with Crippen LogP contribution in [0.15, 0.2) is 24.3 Å². The number of alkyl halides is 2. The first kappa shape index (κ1) is 13.0. The average molecular weight is 231 g/mol. The summed E-state index contributed by atoms with van der Waals surface area (Å²) in [5.41, 5.74) is 5.34. The van der Waals surface area contributed by atoms with E-state index < -0.39 is 18.6 Å². The van der Waals surface area contributed by atoms with Crippen molar-refractivity contribution in [1.29, 1.82) is 0 Å². The fourth-order valence-corrected chi connectivity index (χ4v) is 1.43. The first-order chi connectivity index (χ1) is 7.56. The summed E-state index contributed by atoms with van der Waals surface area (Å²) in [6.07, 6.45) is -4.57. The molecule has 90 valence electrons. The molecule has 4 N–H and O–H groups in total. The molecule has 1 aromatic rings. The van der Waals surface area contributed by atoms with Gasteiger partial charge >= 0.3 is 0 Å². The normalized spacial score (nSPS) is 15.1. The molecule has 0 aliphatic rings. The molecule has 0 saturated heterocycles. The van der Waals surface area contributed by atoms with Crippen LogP contribution in [0.5, 0.6) is 0 Å². The molecule has 0 fully saturated rings. The van der Waals surface area contributed by atoms with E-state index in [2.05, 4.69) is 0 Å². The number of hydrogen-bond donors (Lipinski definition) is 3. The van der Waals surface area contributed by atoms with E-state index in [1.165, 1.54) is 24.3 Å². The molecule has 16 heavy (non-hydrogen) atoms. The quantitative estimate of drug-likeness (QED) is 0.717. The van der Waals surface area contributed by atoms with Crippen molar-refractivity contribution in [3.05, 3.63) is 35.4 Å². The van der Waals surface area contributed by atoms with Gasteiger partial charge in [-0.3, -0.25) is 0 Å². The minimum absolute atomic E-state index is 0.170. The third-order valence-electron chi connectivity index (χ3n) is 2.33. The highest BCUT2D eigenvalue weighted by atomic mass is 19.3. The topological polar surface area (TPSA) is 66.5 Å². The maximum atomic E-state index is 12.4. The minimum Gasteiger partial charge on any atom is -0.390 e. The highest BCUT2D eigenvalue weighted by Crippen LogP contribution is 2.24. The minimum atomic E-state index is -2.58. The number of aliphatic hydroxyl groups is 2. The van der Waals surface area contributed by atoms with Gasteiger partial charge in [0.1, 0.15) is 6.10 Å². The van der Waals surface area contributed by atoms with Crippen LogP contribution >= 0.6 is 0 Å². The zero-order valence-electron chi connectivity index (χ0n) is 8.68. The Morgan fingerprint density at radius 1 is 1.19 bits per heavy atom. The highest BCUT2D eigenvalue weighted by molar-refractivity contribution is 5.26. The summed E-state index contributed by atoms with van der Waals surface area (Å²) in [5.74, 6) is 0. The number of nitrogens with two attached hydrogens (primary N) is 1. The maximum Gasteiger partial charge on any atom is 0.263 e. The highest BCUT2D eigenvalue weighted by Gasteiger charge is 2.18. The molecule has 0 aliphatic heterocycles. The fourth-order valence-electron chi connectivity index (χ4n) is 1.43. The Morgan fingerprint density at radius 2 is 1.81 bits per heavy atom.